The molecule has 2 aromatic heterocycles. The summed E-state index contributed by atoms with van der Waals surface area (Å²) in [5, 5.41) is 6.18. The first-order chi connectivity index (χ1) is 14.7. The van der Waals surface area contributed by atoms with Crippen LogP contribution in [0.15, 0.2) is 18.2 Å². The van der Waals surface area contributed by atoms with E-state index in [2.05, 4.69) is 25.1 Å². The normalized spacial score (nSPS) is 12.2. The van der Waals surface area contributed by atoms with Crippen molar-refractivity contribution in [3.63, 3.8) is 0 Å². The van der Waals surface area contributed by atoms with E-state index in [1.165, 1.54) is 6.07 Å². The van der Waals surface area contributed by atoms with Crippen LogP contribution in [0.4, 0.5) is 24.5 Å². The van der Waals surface area contributed by atoms with Gasteiger partial charge in [-0.3, -0.25) is 9.52 Å². The number of rotatable bonds is 6. The minimum absolute atomic E-state index is 0.0262. The summed E-state index contributed by atoms with van der Waals surface area (Å²) in [6, 6.07) is 4.81. The zero-order valence-electron chi connectivity index (χ0n) is 17.7. The zero-order chi connectivity index (χ0) is 23.8. The van der Waals surface area contributed by atoms with Gasteiger partial charge in [0.05, 0.1) is 11.9 Å². The molecule has 0 saturated heterocycles. The quantitative estimate of drug-likeness (QED) is 0.572. The summed E-state index contributed by atoms with van der Waals surface area (Å²) in [4.78, 5) is 19.9. The van der Waals surface area contributed by atoms with Gasteiger partial charge in [-0.1, -0.05) is 6.07 Å². The Morgan fingerprint density at radius 1 is 1.16 bits per heavy atom. The third-order valence-corrected chi connectivity index (χ3v) is 5.31. The van der Waals surface area contributed by atoms with E-state index in [9.17, 15) is 26.4 Å². The predicted molar refractivity (Wildman–Crippen MR) is 112 cm³/mol. The largest absolute Gasteiger partial charge is 0.453 e. The number of hydrogen-bond acceptors (Lipinski definition) is 6. The summed E-state index contributed by atoms with van der Waals surface area (Å²) >= 11 is 0. The number of carbonyl (C=O) groups is 1. The SMILES string of the molecule is Cc1ccc(NC(=O)CCc2c(C)nc3nc(C(F)(F)F)nn3c2C)cc1NS(C)(=O)=O. The van der Waals surface area contributed by atoms with Crippen LogP contribution < -0.4 is 10.0 Å². The van der Waals surface area contributed by atoms with Gasteiger partial charge in [-0.15, -0.1) is 5.10 Å². The second kappa shape index (κ2) is 8.37. The number of carbonyl (C=O) groups excluding carboxylic acids is 1. The lowest BCUT2D eigenvalue weighted by Gasteiger charge is -2.12. The summed E-state index contributed by atoms with van der Waals surface area (Å²) in [6.45, 7) is 4.94. The fraction of sp³-hybridized carbons (Fsp3) is 0.368. The Kier molecular flexibility index (Phi) is 6.13. The lowest BCUT2D eigenvalue weighted by Crippen LogP contribution is -2.15. The number of anilines is 2. The Morgan fingerprint density at radius 2 is 1.84 bits per heavy atom. The van der Waals surface area contributed by atoms with Crippen LogP contribution in [0.1, 0.15) is 34.8 Å². The smallest absolute Gasteiger partial charge is 0.326 e. The van der Waals surface area contributed by atoms with Gasteiger partial charge >= 0.3 is 6.18 Å². The number of hydrogen-bond donors (Lipinski definition) is 2. The molecule has 0 aliphatic rings. The average Bonchev–Trinajstić information content (AvgIpc) is 3.08. The van der Waals surface area contributed by atoms with E-state index in [4.69, 9.17) is 0 Å². The number of halogens is 3. The van der Waals surface area contributed by atoms with Gasteiger partial charge in [-0.25, -0.2) is 17.9 Å². The lowest BCUT2D eigenvalue weighted by atomic mass is 10.1. The second-order valence-corrected chi connectivity index (χ2v) is 9.11. The van der Waals surface area contributed by atoms with Crippen LogP contribution in [0.2, 0.25) is 0 Å². The van der Waals surface area contributed by atoms with Crippen molar-refractivity contribution in [2.45, 2.75) is 39.8 Å². The van der Waals surface area contributed by atoms with E-state index in [-0.39, 0.29) is 24.5 Å². The van der Waals surface area contributed by atoms with Gasteiger partial charge in [0.1, 0.15) is 0 Å². The number of aryl methyl sites for hydroxylation is 3. The number of benzene rings is 1. The number of sulfonamides is 1. The molecule has 3 aromatic rings. The maximum absolute atomic E-state index is 12.9. The second-order valence-electron chi connectivity index (χ2n) is 7.36. The van der Waals surface area contributed by atoms with Gasteiger partial charge in [0.15, 0.2) is 0 Å². The molecule has 0 radical (unpaired) electrons. The van der Waals surface area contributed by atoms with E-state index < -0.39 is 22.0 Å². The van der Waals surface area contributed by atoms with Crippen LogP contribution in [-0.4, -0.2) is 40.2 Å². The zero-order valence-corrected chi connectivity index (χ0v) is 18.5. The van der Waals surface area contributed by atoms with Crippen molar-refractivity contribution in [2.75, 3.05) is 16.3 Å². The Balaban J connectivity index is 1.76. The van der Waals surface area contributed by atoms with Gasteiger partial charge in [0.2, 0.25) is 15.9 Å². The third-order valence-electron chi connectivity index (χ3n) is 4.72. The standard InChI is InChI=1S/C19H21F3N6O3S/c1-10-5-6-13(9-15(10)27-32(4,30)31)24-16(29)8-7-14-11(2)23-18-25-17(19(20,21)22)26-28(18)12(14)3/h5-6,9,27H,7-8H2,1-4H3,(H,24,29). The topological polar surface area (TPSA) is 118 Å². The number of nitrogens with zero attached hydrogens (tertiary/aromatic N) is 4. The van der Waals surface area contributed by atoms with E-state index >= 15 is 0 Å². The molecule has 0 fully saturated rings. The molecular weight excluding hydrogens is 449 g/mol. The first-order valence-electron chi connectivity index (χ1n) is 9.43. The molecule has 0 atom stereocenters. The molecule has 172 valence electrons. The molecule has 2 N–H and O–H groups in total. The Hall–Kier alpha value is -3.22. The van der Waals surface area contributed by atoms with Crippen LogP contribution in [0.25, 0.3) is 5.78 Å². The minimum Gasteiger partial charge on any atom is -0.326 e. The van der Waals surface area contributed by atoms with Gasteiger partial charge in [-0.05, 0) is 50.5 Å². The van der Waals surface area contributed by atoms with Gasteiger partial charge in [0.25, 0.3) is 11.6 Å². The number of nitrogens with one attached hydrogen (secondary N) is 2. The highest BCUT2D eigenvalue weighted by Gasteiger charge is 2.37. The molecule has 0 aliphatic heterocycles. The average molecular weight is 470 g/mol. The molecule has 1 amide bonds. The van der Waals surface area contributed by atoms with Gasteiger partial charge in [-0.2, -0.15) is 18.2 Å². The van der Waals surface area contributed by atoms with Gasteiger partial charge in [0, 0.05) is 23.5 Å². The maximum atomic E-state index is 12.9. The molecule has 0 aliphatic carbocycles. The molecule has 0 unspecified atom stereocenters. The van der Waals surface area contributed by atoms with Crippen LogP contribution in [-0.2, 0) is 27.4 Å². The van der Waals surface area contributed by atoms with Crippen LogP contribution in [0.5, 0.6) is 0 Å². The Bertz CT molecular complexity index is 1300. The lowest BCUT2D eigenvalue weighted by molar-refractivity contribution is -0.144. The van der Waals surface area contributed by atoms with Crippen molar-refractivity contribution < 1.29 is 26.4 Å². The van der Waals surface area contributed by atoms with Crippen molar-refractivity contribution in [2.24, 2.45) is 0 Å². The summed E-state index contributed by atoms with van der Waals surface area (Å²) in [5.74, 6) is -1.79. The molecule has 13 heteroatoms. The highest BCUT2D eigenvalue weighted by Crippen LogP contribution is 2.27. The molecule has 32 heavy (non-hydrogen) atoms. The predicted octanol–water partition coefficient (Wildman–Crippen LogP) is 3.01. The van der Waals surface area contributed by atoms with Crippen LogP contribution in [0.3, 0.4) is 0 Å². The summed E-state index contributed by atoms with van der Waals surface area (Å²) < 4.78 is 65.1. The van der Waals surface area contributed by atoms with Crippen molar-refractivity contribution in [3.8, 4) is 0 Å². The molecule has 0 saturated carbocycles. The first kappa shape index (κ1) is 23.4. The number of amides is 1. The fourth-order valence-corrected chi connectivity index (χ4v) is 3.78. The Labute approximate surface area is 182 Å². The van der Waals surface area contributed by atoms with Crippen molar-refractivity contribution in [1.82, 2.24) is 19.6 Å². The molecular formula is C19H21F3N6O3S. The maximum Gasteiger partial charge on any atom is 0.453 e. The summed E-state index contributed by atoms with van der Waals surface area (Å²) in [6.07, 6.45) is -3.42. The number of fused-ring (bicyclic) bond motifs is 1. The first-order valence-corrected chi connectivity index (χ1v) is 11.3. The monoisotopic (exact) mass is 470 g/mol. The van der Waals surface area contributed by atoms with E-state index in [1.54, 1.807) is 32.9 Å². The van der Waals surface area contributed by atoms with Crippen molar-refractivity contribution in [3.05, 3.63) is 46.5 Å². The van der Waals surface area contributed by atoms with Crippen LogP contribution in [0, 0.1) is 20.8 Å². The molecule has 0 spiro atoms. The van der Waals surface area contributed by atoms with Crippen LogP contribution >= 0.6 is 0 Å². The highest BCUT2D eigenvalue weighted by molar-refractivity contribution is 7.92. The molecule has 3 rings (SSSR count). The number of alkyl halides is 3. The molecule has 0 bridgehead atoms. The van der Waals surface area contributed by atoms with E-state index in [0.717, 1.165) is 10.8 Å². The molecule has 1 aromatic carbocycles. The van der Waals surface area contributed by atoms with Gasteiger partial charge < -0.3 is 5.32 Å². The minimum atomic E-state index is -4.69. The molecule has 2 heterocycles. The third kappa shape index (κ3) is 5.33. The number of aromatic nitrogens is 4. The molecule has 9 nitrogen and oxygen atoms in total. The van der Waals surface area contributed by atoms with E-state index in [0.29, 0.717) is 33.9 Å². The van der Waals surface area contributed by atoms with Crippen molar-refractivity contribution in [1.29, 1.82) is 0 Å². The fourth-order valence-electron chi connectivity index (χ4n) is 3.16. The van der Waals surface area contributed by atoms with Crippen molar-refractivity contribution >= 4 is 33.1 Å². The summed E-state index contributed by atoms with van der Waals surface area (Å²) in [7, 11) is -3.48. The highest BCUT2D eigenvalue weighted by atomic mass is 32.2. The van der Waals surface area contributed by atoms with E-state index in [1.807, 2.05) is 0 Å². The Morgan fingerprint density at radius 3 is 2.47 bits per heavy atom. The summed E-state index contributed by atoms with van der Waals surface area (Å²) in [5.41, 5.74) is 2.90.